The third-order valence-corrected chi connectivity index (χ3v) is 4.69. The van der Waals surface area contributed by atoms with Crippen molar-refractivity contribution >= 4 is 5.78 Å². The molecule has 6 nitrogen and oxygen atoms in total. The Morgan fingerprint density at radius 1 is 1.04 bits per heavy atom. The van der Waals surface area contributed by atoms with Crippen molar-refractivity contribution in [1.82, 2.24) is 14.0 Å². The lowest BCUT2D eigenvalue weighted by Crippen LogP contribution is -2.43. The van der Waals surface area contributed by atoms with Crippen molar-refractivity contribution < 1.29 is 9.18 Å². The molecule has 1 aliphatic rings. The van der Waals surface area contributed by atoms with Gasteiger partial charge in [-0.25, -0.2) is 9.18 Å². The summed E-state index contributed by atoms with van der Waals surface area (Å²) in [6.45, 7) is 2.10. The van der Waals surface area contributed by atoms with Gasteiger partial charge < -0.3 is 0 Å². The van der Waals surface area contributed by atoms with Crippen LogP contribution in [0, 0.1) is 5.82 Å². The Balaban J connectivity index is 2.16. The van der Waals surface area contributed by atoms with Crippen LogP contribution in [0.3, 0.4) is 0 Å². The first kappa shape index (κ1) is 17.3. The van der Waals surface area contributed by atoms with Gasteiger partial charge in [-0.05, 0) is 50.2 Å². The van der Waals surface area contributed by atoms with Gasteiger partial charge >= 0.3 is 5.69 Å². The minimum Gasteiger partial charge on any atom is -0.299 e. The largest absolute Gasteiger partial charge is 0.330 e. The molecule has 1 aromatic carbocycles. The summed E-state index contributed by atoms with van der Waals surface area (Å²) in [4.78, 5) is 40.0. The molecule has 0 unspecified atom stereocenters. The van der Waals surface area contributed by atoms with Gasteiger partial charge in [-0.2, -0.15) is 0 Å². The molecule has 0 aliphatic carbocycles. The smallest absolute Gasteiger partial charge is 0.299 e. The zero-order valence-corrected chi connectivity index (χ0v) is 14.3. The van der Waals surface area contributed by atoms with E-state index in [9.17, 15) is 18.8 Å². The summed E-state index contributed by atoms with van der Waals surface area (Å²) in [6, 6.07) is 5.06. The van der Waals surface area contributed by atoms with Crippen LogP contribution in [0.4, 0.5) is 4.39 Å². The van der Waals surface area contributed by atoms with Gasteiger partial charge in [0.25, 0.3) is 5.56 Å². The van der Waals surface area contributed by atoms with E-state index in [4.69, 9.17) is 0 Å². The molecule has 0 atom stereocenters. The highest BCUT2D eigenvalue weighted by atomic mass is 19.1. The Labute approximate surface area is 144 Å². The average Bonchev–Trinajstić information content (AvgIpc) is 3.11. The molecule has 1 fully saturated rings. The summed E-state index contributed by atoms with van der Waals surface area (Å²) in [7, 11) is 2.92. The molecule has 0 N–H and O–H groups in total. The van der Waals surface area contributed by atoms with Crippen molar-refractivity contribution in [3.05, 3.63) is 67.7 Å². The molecule has 1 saturated heterocycles. The molecule has 0 spiro atoms. The SMILES string of the molecule is Cn1c(CN2CCCC2)c(C(=O)c2ccc(F)cc2)c(=O)n(C)c1=O. The molecule has 0 saturated carbocycles. The second-order valence-electron chi connectivity index (χ2n) is 6.35. The van der Waals surface area contributed by atoms with E-state index in [2.05, 4.69) is 4.90 Å². The van der Waals surface area contributed by atoms with Gasteiger partial charge in [0.15, 0.2) is 5.78 Å². The topological polar surface area (TPSA) is 64.3 Å². The van der Waals surface area contributed by atoms with Gasteiger partial charge in [0.05, 0.1) is 5.69 Å². The van der Waals surface area contributed by atoms with Crippen LogP contribution in [0.2, 0.25) is 0 Å². The molecule has 2 heterocycles. The number of rotatable bonds is 4. The summed E-state index contributed by atoms with van der Waals surface area (Å²) < 4.78 is 15.4. The van der Waals surface area contributed by atoms with Crippen LogP contribution < -0.4 is 11.2 Å². The summed E-state index contributed by atoms with van der Waals surface area (Å²) in [5.74, 6) is -0.951. The van der Waals surface area contributed by atoms with Crippen molar-refractivity contribution in [2.45, 2.75) is 19.4 Å². The Hall–Kier alpha value is -2.54. The summed E-state index contributed by atoms with van der Waals surface area (Å²) in [5, 5.41) is 0. The van der Waals surface area contributed by atoms with Gasteiger partial charge in [0, 0.05) is 26.2 Å². The normalized spacial score (nSPS) is 14.8. The van der Waals surface area contributed by atoms with Crippen LogP contribution in [-0.2, 0) is 20.6 Å². The van der Waals surface area contributed by atoms with Gasteiger partial charge in [0.2, 0.25) is 0 Å². The molecular formula is C18H20FN3O3. The molecule has 1 aliphatic heterocycles. The van der Waals surface area contributed by atoms with Crippen LogP contribution in [-0.4, -0.2) is 32.9 Å². The number of carbonyl (C=O) groups excluding carboxylic acids is 1. The van der Waals surface area contributed by atoms with Crippen molar-refractivity contribution in [3.63, 3.8) is 0 Å². The van der Waals surface area contributed by atoms with Crippen molar-refractivity contribution in [1.29, 1.82) is 0 Å². The molecule has 0 radical (unpaired) electrons. The zero-order valence-electron chi connectivity index (χ0n) is 14.3. The van der Waals surface area contributed by atoms with Crippen LogP contribution in [0.1, 0.15) is 34.5 Å². The Bertz CT molecular complexity index is 922. The zero-order chi connectivity index (χ0) is 18.1. The van der Waals surface area contributed by atoms with E-state index in [0.29, 0.717) is 12.2 Å². The van der Waals surface area contributed by atoms with E-state index >= 15 is 0 Å². The van der Waals surface area contributed by atoms with E-state index in [-0.39, 0.29) is 11.1 Å². The number of likely N-dealkylation sites (tertiary alicyclic amines) is 1. The Kier molecular flexibility index (Phi) is 4.67. The molecule has 1 aromatic heterocycles. The fourth-order valence-corrected chi connectivity index (χ4v) is 3.20. The van der Waals surface area contributed by atoms with Gasteiger partial charge in [0.1, 0.15) is 11.4 Å². The molecular weight excluding hydrogens is 325 g/mol. The lowest BCUT2D eigenvalue weighted by atomic mass is 10.0. The number of carbonyl (C=O) groups is 1. The van der Waals surface area contributed by atoms with Crippen LogP contribution >= 0.6 is 0 Å². The van der Waals surface area contributed by atoms with Gasteiger partial charge in [-0.3, -0.25) is 23.6 Å². The lowest BCUT2D eigenvalue weighted by molar-refractivity contribution is 0.103. The standard InChI is InChI=1S/C18H20FN3O3/c1-20-14(11-22-9-3-4-10-22)15(17(24)21(2)18(20)25)16(23)12-5-7-13(19)8-6-12/h5-8H,3-4,9-11H2,1-2H3. The predicted molar refractivity (Wildman–Crippen MR) is 91.3 cm³/mol. The number of aromatic nitrogens is 2. The second kappa shape index (κ2) is 6.76. The highest BCUT2D eigenvalue weighted by molar-refractivity contribution is 6.09. The highest BCUT2D eigenvalue weighted by Crippen LogP contribution is 2.16. The number of nitrogens with zero attached hydrogens (tertiary/aromatic N) is 3. The van der Waals surface area contributed by atoms with E-state index < -0.39 is 22.8 Å². The quantitative estimate of drug-likeness (QED) is 0.777. The molecule has 3 rings (SSSR count). The lowest BCUT2D eigenvalue weighted by Gasteiger charge is -2.20. The molecule has 132 valence electrons. The fourth-order valence-electron chi connectivity index (χ4n) is 3.20. The monoisotopic (exact) mass is 345 g/mol. The Morgan fingerprint density at radius 2 is 1.64 bits per heavy atom. The van der Waals surface area contributed by atoms with E-state index in [0.717, 1.165) is 30.5 Å². The van der Waals surface area contributed by atoms with E-state index in [1.807, 2.05) is 0 Å². The van der Waals surface area contributed by atoms with Crippen LogP contribution in [0.5, 0.6) is 0 Å². The first-order valence-electron chi connectivity index (χ1n) is 8.21. The number of benzene rings is 1. The van der Waals surface area contributed by atoms with E-state index in [1.165, 1.54) is 35.9 Å². The van der Waals surface area contributed by atoms with Gasteiger partial charge in [-0.15, -0.1) is 0 Å². The molecule has 0 amide bonds. The predicted octanol–water partition coefficient (Wildman–Crippen LogP) is 1.05. The Morgan fingerprint density at radius 3 is 2.24 bits per heavy atom. The van der Waals surface area contributed by atoms with E-state index in [1.54, 1.807) is 7.05 Å². The summed E-state index contributed by atoms with van der Waals surface area (Å²) in [5.41, 5.74) is -0.478. The van der Waals surface area contributed by atoms with Crippen molar-refractivity contribution in [3.8, 4) is 0 Å². The van der Waals surface area contributed by atoms with Crippen LogP contribution in [0.25, 0.3) is 0 Å². The van der Waals surface area contributed by atoms with Crippen molar-refractivity contribution in [2.75, 3.05) is 13.1 Å². The third kappa shape index (κ3) is 3.19. The molecule has 25 heavy (non-hydrogen) atoms. The minimum atomic E-state index is -0.619. The number of ketones is 1. The third-order valence-electron chi connectivity index (χ3n) is 4.69. The second-order valence-corrected chi connectivity index (χ2v) is 6.35. The summed E-state index contributed by atoms with van der Waals surface area (Å²) in [6.07, 6.45) is 2.11. The summed E-state index contributed by atoms with van der Waals surface area (Å²) >= 11 is 0. The molecule has 0 bridgehead atoms. The van der Waals surface area contributed by atoms with Gasteiger partial charge in [-0.1, -0.05) is 0 Å². The number of halogens is 1. The van der Waals surface area contributed by atoms with Crippen LogP contribution in [0.15, 0.2) is 33.9 Å². The maximum atomic E-state index is 13.1. The average molecular weight is 345 g/mol. The molecule has 2 aromatic rings. The number of hydrogen-bond acceptors (Lipinski definition) is 4. The minimum absolute atomic E-state index is 0.0249. The maximum absolute atomic E-state index is 13.1. The first-order chi connectivity index (χ1) is 11.9. The first-order valence-corrected chi connectivity index (χ1v) is 8.21. The fraction of sp³-hybridized carbons (Fsp3) is 0.389. The maximum Gasteiger partial charge on any atom is 0.330 e. The molecule has 7 heteroatoms. The highest BCUT2D eigenvalue weighted by Gasteiger charge is 2.25. The number of hydrogen-bond donors (Lipinski definition) is 0. The van der Waals surface area contributed by atoms with Crippen molar-refractivity contribution in [2.24, 2.45) is 14.1 Å².